The van der Waals surface area contributed by atoms with Gasteiger partial charge in [0.15, 0.2) is 0 Å². The first-order valence-electron chi connectivity index (χ1n) is 5.49. The molecule has 0 radical (unpaired) electrons. The fourth-order valence-corrected chi connectivity index (χ4v) is 3.79. The molecule has 84 valence electrons. The Bertz CT molecular complexity index is 349. The summed E-state index contributed by atoms with van der Waals surface area (Å²) in [6, 6.07) is 1.88. The summed E-state index contributed by atoms with van der Waals surface area (Å²) >= 11 is 7.67. The predicted octanol–water partition coefficient (Wildman–Crippen LogP) is 4.05. The van der Waals surface area contributed by atoms with Gasteiger partial charge in [-0.2, -0.15) is 0 Å². The number of thiophene rings is 1. The van der Waals surface area contributed by atoms with Gasteiger partial charge in [0, 0.05) is 0 Å². The SMILES string of the molecule is CC1CCC(O)(c2sccc2Cl)CC1C. The van der Waals surface area contributed by atoms with Crippen molar-refractivity contribution in [2.75, 3.05) is 0 Å². The van der Waals surface area contributed by atoms with E-state index < -0.39 is 5.60 Å². The van der Waals surface area contributed by atoms with E-state index >= 15 is 0 Å². The molecular weight excluding hydrogens is 228 g/mol. The van der Waals surface area contributed by atoms with Gasteiger partial charge in [0.25, 0.3) is 0 Å². The van der Waals surface area contributed by atoms with Crippen molar-refractivity contribution in [3.05, 3.63) is 21.3 Å². The summed E-state index contributed by atoms with van der Waals surface area (Å²) in [6.45, 7) is 4.48. The first kappa shape index (κ1) is 11.4. The molecule has 1 heterocycles. The number of rotatable bonds is 1. The Morgan fingerprint density at radius 1 is 1.47 bits per heavy atom. The zero-order valence-electron chi connectivity index (χ0n) is 9.16. The standard InChI is InChI=1S/C12H17ClOS/c1-8-3-5-12(14,7-9(8)2)11-10(13)4-6-15-11/h4,6,8-9,14H,3,5,7H2,1-2H3. The zero-order chi connectivity index (χ0) is 11.1. The van der Waals surface area contributed by atoms with Crippen molar-refractivity contribution in [2.24, 2.45) is 11.8 Å². The van der Waals surface area contributed by atoms with Crippen molar-refractivity contribution >= 4 is 22.9 Å². The van der Waals surface area contributed by atoms with E-state index in [4.69, 9.17) is 11.6 Å². The molecule has 1 N–H and O–H groups in total. The molecule has 3 unspecified atom stereocenters. The van der Waals surface area contributed by atoms with Crippen LogP contribution in [0, 0.1) is 11.8 Å². The van der Waals surface area contributed by atoms with Crippen LogP contribution < -0.4 is 0 Å². The first-order chi connectivity index (χ1) is 7.03. The van der Waals surface area contributed by atoms with Crippen LogP contribution in [0.1, 0.15) is 38.0 Å². The van der Waals surface area contributed by atoms with Crippen LogP contribution in [-0.4, -0.2) is 5.11 Å². The smallest absolute Gasteiger partial charge is 0.101 e. The summed E-state index contributed by atoms with van der Waals surface area (Å²) in [4.78, 5) is 0.961. The van der Waals surface area contributed by atoms with E-state index in [2.05, 4.69) is 13.8 Å². The Morgan fingerprint density at radius 3 is 2.73 bits per heavy atom. The van der Waals surface area contributed by atoms with Crippen LogP contribution in [0.15, 0.2) is 11.4 Å². The molecule has 1 nitrogen and oxygen atoms in total. The van der Waals surface area contributed by atoms with Crippen molar-refractivity contribution < 1.29 is 5.11 Å². The molecule has 0 aliphatic heterocycles. The van der Waals surface area contributed by atoms with Gasteiger partial charge in [-0.3, -0.25) is 0 Å². The molecule has 0 saturated heterocycles. The second-order valence-corrected chi connectivity index (χ2v) is 6.15. The molecule has 1 aromatic rings. The lowest BCUT2D eigenvalue weighted by atomic mass is 9.72. The van der Waals surface area contributed by atoms with Crippen LogP contribution in [0.2, 0.25) is 5.02 Å². The fourth-order valence-electron chi connectivity index (χ4n) is 2.42. The van der Waals surface area contributed by atoms with Gasteiger partial charge in [-0.05, 0) is 42.5 Å². The Hall–Kier alpha value is -0.0500. The summed E-state index contributed by atoms with van der Waals surface area (Å²) < 4.78 is 0. The topological polar surface area (TPSA) is 20.2 Å². The quantitative estimate of drug-likeness (QED) is 0.791. The van der Waals surface area contributed by atoms with Crippen molar-refractivity contribution in [1.82, 2.24) is 0 Å². The normalized spacial score (nSPS) is 36.8. The highest BCUT2D eigenvalue weighted by atomic mass is 35.5. The second-order valence-electron chi connectivity index (χ2n) is 4.83. The molecule has 3 atom stereocenters. The summed E-state index contributed by atoms with van der Waals surface area (Å²) in [5.41, 5.74) is -0.669. The van der Waals surface area contributed by atoms with Crippen LogP contribution in [0.3, 0.4) is 0 Å². The van der Waals surface area contributed by atoms with Gasteiger partial charge >= 0.3 is 0 Å². The molecule has 0 bridgehead atoms. The number of hydrogen-bond acceptors (Lipinski definition) is 2. The molecule has 3 heteroatoms. The highest BCUT2D eigenvalue weighted by Crippen LogP contribution is 2.46. The zero-order valence-corrected chi connectivity index (χ0v) is 10.7. The summed E-state index contributed by atoms with van der Waals surface area (Å²) in [7, 11) is 0. The van der Waals surface area contributed by atoms with Crippen LogP contribution in [-0.2, 0) is 5.60 Å². The van der Waals surface area contributed by atoms with Crippen molar-refractivity contribution in [3.63, 3.8) is 0 Å². The van der Waals surface area contributed by atoms with E-state index in [9.17, 15) is 5.11 Å². The number of hydrogen-bond donors (Lipinski definition) is 1. The van der Waals surface area contributed by atoms with Gasteiger partial charge in [-0.15, -0.1) is 11.3 Å². The van der Waals surface area contributed by atoms with Crippen molar-refractivity contribution in [3.8, 4) is 0 Å². The summed E-state index contributed by atoms with van der Waals surface area (Å²) in [6.07, 6.45) is 2.78. The lowest BCUT2D eigenvalue weighted by molar-refractivity contribution is -0.0305. The van der Waals surface area contributed by atoms with Crippen molar-refractivity contribution in [2.45, 2.75) is 38.7 Å². The molecular formula is C12H17ClOS. The summed E-state index contributed by atoms with van der Waals surface area (Å²) in [5, 5.41) is 13.3. The molecule has 0 amide bonds. The molecule has 1 aliphatic carbocycles. The Morgan fingerprint density at radius 2 is 2.20 bits per heavy atom. The average Bonchev–Trinajstić information content (AvgIpc) is 2.59. The van der Waals surface area contributed by atoms with E-state index in [-0.39, 0.29) is 0 Å². The number of aliphatic hydroxyl groups is 1. The third-order valence-corrected chi connectivity index (χ3v) is 5.22. The fraction of sp³-hybridized carbons (Fsp3) is 0.667. The monoisotopic (exact) mass is 244 g/mol. The molecule has 0 spiro atoms. The lowest BCUT2D eigenvalue weighted by Crippen LogP contribution is -2.34. The molecule has 1 fully saturated rings. The maximum absolute atomic E-state index is 10.6. The van der Waals surface area contributed by atoms with E-state index in [0.717, 1.165) is 29.2 Å². The van der Waals surface area contributed by atoms with Crippen LogP contribution >= 0.6 is 22.9 Å². The maximum Gasteiger partial charge on any atom is 0.101 e. The maximum atomic E-state index is 10.6. The molecule has 1 saturated carbocycles. The van der Waals surface area contributed by atoms with Gasteiger partial charge in [0.2, 0.25) is 0 Å². The Labute approximate surface area is 100 Å². The highest BCUT2D eigenvalue weighted by Gasteiger charge is 2.39. The minimum atomic E-state index is -0.669. The van der Waals surface area contributed by atoms with Gasteiger partial charge in [-0.25, -0.2) is 0 Å². The largest absolute Gasteiger partial charge is 0.384 e. The lowest BCUT2D eigenvalue weighted by Gasteiger charge is -2.38. The minimum Gasteiger partial charge on any atom is -0.384 e. The van der Waals surface area contributed by atoms with Gasteiger partial charge in [-0.1, -0.05) is 25.4 Å². The molecule has 15 heavy (non-hydrogen) atoms. The molecule has 0 aromatic carbocycles. The van der Waals surface area contributed by atoms with E-state index in [0.29, 0.717) is 11.8 Å². The molecule has 2 rings (SSSR count). The highest BCUT2D eigenvalue weighted by molar-refractivity contribution is 7.10. The van der Waals surface area contributed by atoms with E-state index in [1.807, 2.05) is 11.4 Å². The number of halogens is 1. The van der Waals surface area contributed by atoms with E-state index in [1.54, 1.807) is 11.3 Å². The van der Waals surface area contributed by atoms with Gasteiger partial charge < -0.3 is 5.11 Å². The summed E-state index contributed by atoms with van der Waals surface area (Å²) in [5.74, 6) is 1.28. The average molecular weight is 245 g/mol. The third-order valence-electron chi connectivity index (χ3n) is 3.68. The van der Waals surface area contributed by atoms with Crippen LogP contribution in [0.4, 0.5) is 0 Å². The van der Waals surface area contributed by atoms with E-state index in [1.165, 1.54) is 0 Å². The second kappa shape index (κ2) is 4.08. The minimum absolute atomic E-state index is 0.571. The third kappa shape index (κ3) is 2.08. The molecule has 1 aliphatic rings. The Balaban J connectivity index is 2.25. The first-order valence-corrected chi connectivity index (χ1v) is 6.74. The van der Waals surface area contributed by atoms with Gasteiger partial charge in [0.05, 0.1) is 9.90 Å². The van der Waals surface area contributed by atoms with Crippen LogP contribution in [0.5, 0.6) is 0 Å². The van der Waals surface area contributed by atoms with Gasteiger partial charge in [0.1, 0.15) is 5.60 Å². The van der Waals surface area contributed by atoms with Crippen molar-refractivity contribution in [1.29, 1.82) is 0 Å². The molecule has 1 aromatic heterocycles. The Kier molecular flexibility index (Phi) is 3.11. The predicted molar refractivity (Wildman–Crippen MR) is 65.4 cm³/mol. The van der Waals surface area contributed by atoms with Crippen LogP contribution in [0.25, 0.3) is 0 Å².